The Morgan fingerprint density at radius 2 is 1.89 bits per heavy atom. The van der Waals surface area contributed by atoms with Crippen molar-refractivity contribution >= 4 is 11.0 Å². The summed E-state index contributed by atoms with van der Waals surface area (Å²) in [6.07, 6.45) is 0.320. The standard InChI is InChI=1S/C14H10F2N2/c15-10-6-5-9(11(16)8-10)7-14-17-12-3-1-2-4-13(12)18-14/h1-6,8H,7H2,(H,17,18). The molecule has 0 saturated heterocycles. The Kier molecular flexibility index (Phi) is 2.55. The first-order chi connectivity index (χ1) is 8.72. The van der Waals surface area contributed by atoms with Crippen molar-refractivity contribution in [2.75, 3.05) is 0 Å². The van der Waals surface area contributed by atoms with Crippen molar-refractivity contribution in [1.29, 1.82) is 0 Å². The first-order valence-corrected chi connectivity index (χ1v) is 5.60. The molecule has 0 aliphatic carbocycles. The average molecular weight is 244 g/mol. The van der Waals surface area contributed by atoms with E-state index >= 15 is 0 Å². The van der Waals surface area contributed by atoms with Crippen LogP contribution in [0.4, 0.5) is 8.78 Å². The van der Waals surface area contributed by atoms with Crippen molar-refractivity contribution in [2.24, 2.45) is 0 Å². The van der Waals surface area contributed by atoms with Gasteiger partial charge in [-0.3, -0.25) is 0 Å². The highest BCUT2D eigenvalue weighted by Gasteiger charge is 2.08. The van der Waals surface area contributed by atoms with Crippen molar-refractivity contribution in [3.63, 3.8) is 0 Å². The van der Waals surface area contributed by atoms with E-state index in [1.165, 1.54) is 12.1 Å². The Morgan fingerprint density at radius 3 is 2.67 bits per heavy atom. The first-order valence-electron chi connectivity index (χ1n) is 5.60. The minimum atomic E-state index is -0.569. The fourth-order valence-corrected chi connectivity index (χ4v) is 1.93. The number of H-pyrrole nitrogens is 1. The van der Waals surface area contributed by atoms with Gasteiger partial charge in [0.25, 0.3) is 0 Å². The number of aromatic amines is 1. The Labute approximate surface area is 102 Å². The summed E-state index contributed by atoms with van der Waals surface area (Å²) in [5.41, 5.74) is 2.18. The Balaban J connectivity index is 1.96. The molecule has 0 bridgehead atoms. The number of rotatable bonds is 2. The first kappa shape index (κ1) is 10.9. The third kappa shape index (κ3) is 1.97. The molecule has 0 amide bonds. The molecule has 2 aromatic carbocycles. The summed E-state index contributed by atoms with van der Waals surface area (Å²) in [6, 6.07) is 11.2. The van der Waals surface area contributed by atoms with Crippen LogP contribution >= 0.6 is 0 Å². The SMILES string of the molecule is Fc1ccc(Cc2nc3ccccc3[nH]2)c(F)c1. The second-order valence-electron chi connectivity index (χ2n) is 4.11. The van der Waals surface area contributed by atoms with Crippen molar-refractivity contribution in [2.45, 2.75) is 6.42 Å². The van der Waals surface area contributed by atoms with Crippen LogP contribution in [-0.4, -0.2) is 9.97 Å². The number of hydrogen-bond acceptors (Lipinski definition) is 1. The molecule has 0 unspecified atom stereocenters. The van der Waals surface area contributed by atoms with E-state index in [0.29, 0.717) is 17.8 Å². The van der Waals surface area contributed by atoms with E-state index in [9.17, 15) is 8.78 Å². The van der Waals surface area contributed by atoms with Gasteiger partial charge in [0.1, 0.15) is 17.5 Å². The minimum Gasteiger partial charge on any atom is -0.342 e. The number of nitrogens with zero attached hydrogens (tertiary/aromatic N) is 1. The molecule has 3 aromatic rings. The molecule has 1 N–H and O–H groups in total. The molecule has 3 rings (SSSR count). The zero-order valence-corrected chi connectivity index (χ0v) is 9.45. The fourth-order valence-electron chi connectivity index (χ4n) is 1.93. The average Bonchev–Trinajstić information content (AvgIpc) is 2.75. The third-order valence-corrected chi connectivity index (χ3v) is 2.81. The largest absolute Gasteiger partial charge is 0.342 e. The molecule has 0 atom stereocenters. The molecule has 0 radical (unpaired) electrons. The monoisotopic (exact) mass is 244 g/mol. The maximum absolute atomic E-state index is 13.5. The van der Waals surface area contributed by atoms with E-state index in [1.807, 2.05) is 24.3 Å². The number of hydrogen-bond donors (Lipinski definition) is 1. The summed E-state index contributed by atoms with van der Waals surface area (Å²) in [5.74, 6) is -0.446. The van der Waals surface area contributed by atoms with Gasteiger partial charge in [-0.15, -0.1) is 0 Å². The predicted molar refractivity (Wildman–Crippen MR) is 65.3 cm³/mol. The van der Waals surface area contributed by atoms with E-state index in [1.54, 1.807) is 0 Å². The lowest BCUT2D eigenvalue weighted by Crippen LogP contribution is -1.95. The third-order valence-electron chi connectivity index (χ3n) is 2.81. The van der Waals surface area contributed by atoms with Gasteiger partial charge < -0.3 is 4.98 Å². The highest BCUT2D eigenvalue weighted by atomic mass is 19.1. The van der Waals surface area contributed by atoms with E-state index in [-0.39, 0.29) is 0 Å². The lowest BCUT2D eigenvalue weighted by Gasteiger charge is -2.00. The summed E-state index contributed by atoms with van der Waals surface area (Å²) in [5, 5.41) is 0. The highest BCUT2D eigenvalue weighted by Crippen LogP contribution is 2.16. The van der Waals surface area contributed by atoms with Crippen molar-refractivity contribution < 1.29 is 8.78 Å². The van der Waals surface area contributed by atoms with Crippen molar-refractivity contribution in [3.05, 3.63) is 65.5 Å². The summed E-state index contributed by atoms with van der Waals surface area (Å²) in [4.78, 5) is 7.47. The summed E-state index contributed by atoms with van der Waals surface area (Å²) >= 11 is 0. The molecule has 4 heteroatoms. The second kappa shape index (κ2) is 4.22. The van der Waals surface area contributed by atoms with Gasteiger partial charge in [-0.05, 0) is 23.8 Å². The van der Waals surface area contributed by atoms with Crippen LogP contribution in [0.2, 0.25) is 0 Å². The van der Waals surface area contributed by atoms with E-state index in [4.69, 9.17) is 0 Å². The molecular weight excluding hydrogens is 234 g/mol. The number of nitrogens with one attached hydrogen (secondary N) is 1. The molecule has 0 spiro atoms. The van der Waals surface area contributed by atoms with Gasteiger partial charge >= 0.3 is 0 Å². The van der Waals surface area contributed by atoms with Crippen molar-refractivity contribution in [3.8, 4) is 0 Å². The van der Waals surface area contributed by atoms with Crippen LogP contribution in [-0.2, 0) is 6.42 Å². The van der Waals surface area contributed by atoms with E-state index in [0.717, 1.165) is 17.1 Å². The van der Waals surface area contributed by atoms with Crippen LogP contribution in [0.15, 0.2) is 42.5 Å². The molecule has 0 aliphatic heterocycles. The maximum Gasteiger partial charge on any atom is 0.129 e. The number of fused-ring (bicyclic) bond motifs is 1. The van der Waals surface area contributed by atoms with Gasteiger partial charge in [-0.1, -0.05) is 18.2 Å². The van der Waals surface area contributed by atoms with Gasteiger partial charge in [-0.2, -0.15) is 0 Å². The van der Waals surface area contributed by atoms with E-state index in [2.05, 4.69) is 9.97 Å². The second-order valence-corrected chi connectivity index (χ2v) is 4.11. The lowest BCUT2D eigenvalue weighted by molar-refractivity contribution is 0.574. The molecule has 1 aromatic heterocycles. The molecule has 0 fully saturated rings. The number of aromatic nitrogens is 2. The van der Waals surface area contributed by atoms with Crippen LogP contribution in [0.5, 0.6) is 0 Å². The van der Waals surface area contributed by atoms with Crippen molar-refractivity contribution in [1.82, 2.24) is 9.97 Å². The van der Waals surface area contributed by atoms with Gasteiger partial charge in [-0.25, -0.2) is 13.8 Å². The van der Waals surface area contributed by atoms with Gasteiger partial charge in [0.05, 0.1) is 11.0 Å². The molecule has 0 saturated carbocycles. The van der Waals surface area contributed by atoms with Gasteiger partial charge in [0.2, 0.25) is 0 Å². The number of halogens is 2. The lowest BCUT2D eigenvalue weighted by atomic mass is 10.1. The number of benzene rings is 2. The van der Waals surface area contributed by atoms with Crippen LogP contribution < -0.4 is 0 Å². The fraction of sp³-hybridized carbons (Fsp3) is 0.0714. The van der Waals surface area contributed by atoms with Crippen LogP contribution in [0.25, 0.3) is 11.0 Å². The molecule has 1 heterocycles. The zero-order valence-electron chi connectivity index (χ0n) is 9.45. The van der Waals surface area contributed by atoms with Crippen LogP contribution in [0, 0.1) is 11.6 Å². The molecular formula is C14H10F2N2. The minimum absolute atomic E-state index is 0.320. The van der Waals surface area contributed by atoms with Gasteiger partial charge in [0.15, 0.2) is 0 Å². The van der Waals surface area contributed by atoms with E-state index < -0.39 is 11.6 Å². The zero-order chi connectivity index (χ0) is 12.5. The molecule has 90 valence electrons. The smallest absolute Gasteiger partial charge is 0.129 e. The molecule has 0 aliphatic rings. The summed E-state index contributed by atoms with van der Waals surface area (Å²) in [7, 11) is 0. The quantitative estimate of drug-likeness (QED) is 0.735. The molecule has 2 nitrogen and oxygen atoms in total. The predicted octanol–water partition coefficient (Wildman–Crippen LogP) is 3.43. The summed E-state index contributed by atoms with van der Waals surface area (Å²) < 4.78 is 26.3. The number of para-hydroxylation sites is 2. The Hall–Kier alpha value is -2.23. The van der Waals surface area contributed by atoms with Crippen LogP contribution in [0.3, 0.4) is 0 Å². The highest BCUT2D eigenvalue weighted by molar-refractivity contribution is 5.74. The molecule has 18 heavy (non-hydrogen) atoms. The van der Waals surface area contributed by atoms with Gasteiger partial charge in [0, 0.05) is 12.5 Å². The number of imidazole rings is 1. The summed E-state index contributed by atoms with van der Waals surface area (Å²) in [6.45, 7) is 0. The Morgan fingerprint density at radius 1 is 1.06 bits per heavy atom. The normalized spacial score (nSPS) is 11.0. The topological polar surface area (TPSA) is 28.7 Å². The maximum atomic E-state index is 13.5. The van der Waals surface area contributed by atoms with Crippen LogP contribution in [0.1, 0.15) is 11.4 Å². The Bertz CT molecular complexity index is 671.